The van der Waals surface area contributed by atoms with Crippen LogP contribution in [0.5, 0.6) is 0 Å². The molecule has 1 saturated heterocycles. The highest BCUT2D eigenvalue weighted by molar-refractivity contribution is 6.02. The maximum Gasteiger partial charge on any atom is 0.312 e. The average molecular weight is 396 g/mol. The van der Waals surface area contributed by atoms with Gasteiger partial charge in [-0.1, -0.05) is 36.4 Å². The van der Waals surface area contributed by atoms with Crippen LogP contribution in [-0.2, 0) is 14.3 Å². The van der Waals surface area contributed by atoms with Crippen LogP contribution in [0.1, 0.15) is 29.3 Å². The van der Waals surface area contributed by atoms with Gasteiger partial charge >= 0.3 is 5.97 Å². The second-order valence-electron chi connectivity index (χ2n) is 6.94. The molecule has 1 aliphatic heterocycles. The molecule has 1 heterocycles. The Morgan fingerprint density at radius 2 is 1.90 bits per heavy atom. The lowest BCUT2D eigenvalue weighted by atomic mass is 10.1. The Kier molecular flexibility index (Phi) is 5.72. The van der Waals surface area contributed by atoms with E-state index in [1.807, 2.05) is 0 Å². The van der Waals surface area contributed by atoms with E-state index in [1.165, 1.54) is 17.9 Å². The van der Waals surface area contributed by atoms with Gasteiger partial charge in [-0.25, -0.2) is 0 Å². The summed E-state index contributed by atoms with van der Waals surface area (Å²) in [5.74, 6) is -2.03. The summed E-state index contributed by atoms with van der Waals surface area (Å²) in [5.41, 5.74) is 1.18. The van der Waals surface area contributed by atoms with Gasteiger partial charge in [-0.15, -0.1) is 0 Å². The zero-order valence-corrected chi connectivity index (χ0v) is 16.0. The Labute approximate surface area is 167 Å². The number of esters is 1. The first-order valence-corrected chi connectivity index (χ1v) is 9.13. The zero-order chi connectivity index (χ0) is 21.1. The van der Waals surface area contributed by atoms with E-state index in [0.29, 0.717) is 16.8 Å². The molecule has 0 spiro atoms. The van der Waals surface area contributed by atoms with Crippen molar-refractivity contribution in [2.24, 2.45) is 5.92 Å². The van der Waals surface area contributed by atoms with Crippen LogP contribution >= 0.6 is 0 Å². The lowest BCUT2D eigenvalue weighted by Gasteiger charge is -2.18. The SMILES string of the molecule is Cc1ccc(N2C[C@@H](C(=O)O[C@H](C)C(=O)c3ccccc3)CC2=O)cc1[N+](=O)[O-]. The van der Waals surface area contributed by atoms with Gasteiger partial charge in [0.25, 0.3) is 5.69 Å². The van der Waals surface area contributed by atoms with Crippen molar-refractivity contribution in [2.75, 3.05) is 11.4 Å². The van der Waals surface area contributed by atoms with Crippen LogP contribution in [0, 0.1) is 23.0 Å². The molecular weight excluding hydrogens is 376 g/mol. The molecule has 0 saturated carbocycles. The van der Waals surface area contributed by atoms with Gasteiger partial charge in [0.15, 0.2) is 6.10 Å². The Morgan fingerprint density at radius 3 is 2.55 bits per heavy atom. The van der Waals surface area contributed by atoms with E-state index in [9.17, 15) is 24.5 Å². The molecule has 0 aromatic heterocycles. The van der Waals surface area contributed by atoms with Crippen molar-refractivity contribution in [3.63, 3.8) is 0 Å². The summed E-state index contributed by atoms with van der Waals surface area (Å²) in [5, 5.41) is 11.1. The molecule has 1 aliphatic rings. The number of Topliss-reactive ketones (excluding diaryl/α,β-unsaturated/α-hetero) is 1. The summed E-state index contributed by atoms with van der Waals surface area (Å²) in [6, 6.07) is 13.0. The van der Waals surface area contributed by atoms with Crippen molar-refractivity contribution in [3.8, 4) is 0 Å². The Bertz CT molecular complexity index is 972. The summed E-state index contributed by atoms with van der Waals surface area (Å²) in [6.45, 7) is 3.15. The smallest absolute Gasteiger partial charge is 0.312 e. The van der Waals surface area contributed by atoms with Crippen molar-refractivity contribution in [1.29, 1.82) is 0 Å². The number of nitro groups is 1. The first kappa shape index (κ1) is 20.2. The highest BCUT2D eigenvalue weighted by atomic mass is 16.6. The fourth-order valence-electron chi connectivity index (χ4n) is 3.24. The van der Waals surface area contributed by atoms with E-state index in [-0.39, 0.29) is 30.3 Å². The number of ketones is 1. The Balaban J connectivity index is 1.68. The van der Waals surface area contributed by atoms with Crippen LogP contribution in [0.15, 0.2) is 48.5 Å². The topological polar surface area (TPSA) is 107 Å². The van der Waals surface area contributed by atoms with Gasteiger partial charge in [0.1, 0.15) is 0 Å². The molecule has 1 fully saturated rings. The van der Waals surface area contributed by atoms with E-state index < -0.39 is 22.9 Å². The van der Waals surface area contributed by atoms with Gasteiger partial charge in [0.05, 0.1) is 16.5 Å². The third-order valence-electron chi connectivity index (χ3n) is 4.88. The van der Waals surface area contributed by atoms with E-state index >= 15 is 0 Å². The minimum atomic E-state index is -0.977. The highest BCUT2D eigenvalue weighted by Gasteiger charge is 2.38. The molecule has 29 heavy (non-hydrogen) atoms. The molecule has 2 aromatic carbocycles. The van der Waals surface area contributed by atoms with E-state index in [2.05, 4.69) is 0 Å². The number of hydrogen-bond donors (Lipinski definition) is 0. The molecular formula is C21H20N2O6. The molecule has 0 aliphatic carbocycles. The molecule has 0 radical (unpaired) electrons. The van der Waals surface area contributed by atoms with Crippen LogP contribution in [0.2, 0.25) is 0 Å². The largest absolute Gasteiger partial charge is 0.454 e. The monoisotopic (exact) mass is 396 g/mol. The minimum Gasteiger partial charge on any atom is -0.454 e. The third kappa shape index (κ3) is 4.31. The first-order valence-electron chi connectivity index (χ1n) is 9.13. The molecule has 8 nitrogen and oxygen atoms in total. The van der Waals surface area contributed by atoms with Crippen molar-refractivity contribution in [3.05, 3.63) is 69.8 Å². The molecule has 1 amide bonds. The van der Waals surface area contributed by atoms with Crippen LogP contribution in [0.3, 0.4) is 0 Å². The summed E-state index contributed by atoms with van der Waals surface area (Å²) in [6.07, 6.45) is -1.05. The van der Waals surface area contributed by atoms with Gasteiger partial charge in [0.2, 0.25) is 11.7 Å². The molecule has 0 N–H and O–H groups in total. The Hall–Kier alpha value is -3.55. The third-order valence-corrected chi connectivity index (χ3v) is 4.88. The molecule has 2 atom stereocenters. The van der Waals surface area contributed by atoms with Crippen LogP contribution in [0.4, 0.5) is 11.4 Å². The first-order chi connectivity index (χ1) is 13.8. The standard InChI is InChI=1S/C21H20N2O6/c1-13-8-9-17(11-18(13)23(27)28)22-12-16(10-19(22)24)21(26)29-14(2)20(25)15-6-4-3-5-7-15/h3-9,11,14,16H,10,12H2,1-2H3/t14-,16+/m1/s1. The number of ether oxygens (including phenoxy) is 1. The van der Waals surface area contributed by atoms with E-state index in [1.54, 1.807) is 49.4 Å². The number of carbonyl (C=O) groups excluding carboxylic acids is 3. The summed E-state index contributed by atoms with van der Waals surface area (Å²) >= 11 is 0. The summed E-state index contributed by atoms with van der Waals surface area (Å²) in [7, 11) is 0. The number of amides is 1. The number of benzene rings is 2. The number of nitrogens with zero attached hydrogens (tertiary/aromatic N) is 2. The van der Waals surface area contributed by atoms with Crippen molar-refractivity contribution >= 4 is 29.0 Å². The number of hydrogen-bond acceptors (Lipinski definition) is 6. The van der Waals surface area contributed by atoms with Gasteiger partial charge in [-0.05, 0) is 19.9 Å². The van der Waals surface area contributed by atoms with Gasteiger partial charge in [-0.2, -0.15) is 0 Å². The number of nitro benzene ring substituents is 1. The van der Waals surface area contributed by atoms with E-state index in [4.69, 9.17) is 4.74 Å². The fraction of sp³-hybridized carbons (Fsp3) is 0.286. The zero-order valence-electron chi connectivity index (χ0n) is 16.0. The quantitative estimate of drug-likeness (QED) is 0.321. The second kappa shape index (κ2) is 8.22. The molecule has 8 heteroatoms. The minimum absolute atomic E-state index is 0.0458. The number of aryl methyl sites for hydroxylation is 1. The second-order valence-corrected chi connectivity index (χ2v) is 6.94. The highest BCUT2D eigenvalue weighted by Crippen LogP contribution is 2.30. The normalized spacial score (nSPS) is 17.1. The molecule has 3 rings (SSSR count). The predicted octanol–water partition coefficient (Wildman–Crippen LogP) is 3.07. The van der Waals surface area contributed by atoms with Gasteiger partial charge in [0, 0.05) is 30.2 Å². The van der Waals surface area contributed by atoms with E-state index in [0.717, 1.165) is 0 Å². The molecule has 150 valence electrons. The molecule has 0 bridgehead atoms. The molecule has 2 aromatic rings. The van der Waals surface area contributed by atoms with Crippen molar-refractivity contribution in [1.82, 2.24) is 0 Å². The Morgan fingerprint density at radius 1 is 1.21 bits per heavy atom. The van der Waals surface area contributed by atoms with Crippen LogP contribution < -0.4 is 4.90 Å². The van der Waals surface area contributed by atoms with Crippen molar-refractivity contribution in [2.45, 2.75) is 26.4 Å². The summed E-state index contributed by atoms with van der Waals surface area (Å²) < 4.78 is 5.29. The van der Waals surface area contributed by atoms with Crippen molar-refractivity contribution < 1.29 is 24.0 Å². The van der Waals surface area contributed by atoms with Gasteiger partial charge < -0.3 is 9.64 Å². The fourth-order valence-corrected chi connectivity index (χ4v) is 3.24. The number of rotatable bonds is 6. The lowest BCUT2D eigenvalue weighted by Crippen LogP contribution is -2.30. The van der Waals surface area contributed by atoms with Crippen LogP contribution in [0.25, 0.3) is 0 Å². The number of anilines is 1. The summed E-state index contributed by atoms with van der Waals surface area (Å²) in [4.78, 5) is 49.2. The average Bonchev–Trinajstić information content (AvgIpc) is 3.10. The lowest BCUT2D eigenvalue weighted by molar-refractivity contribution is -0.385. The maximum absolute atomic E-state index is 12.5. The van der Waals surface area contributed by atoms with Gasteiger partial charge in [-0.3, -0.25) is 24.5 Å². The van der Waals surface area contributed by atoms with Crippen LogP contribution in [-0.4, -0.2) is 35.2 Å². The molecule has 0 unspecified atom stereocenters. The predicted molar refractivity (Wildman–Crippen MR) is 105 cm³/mol. The maximum atomic E-state index is 12.5. The number of carbonyl (C=O) groups is 3.